The molecular weight excluding hydrogens is 458 g/mol. The largest absolute Gasteiger partial charge is 0.477 e. The molecule has 0 aliphatic carbocycles. The Morgan fingerprint density at radius 1 is 0.971 bits per heavy atom. The van der Waals surface area contributed by atoms with Gasteiger partial charge >= 0.3 is 5.69 Å². The molecule has 3 aromatic rings. The lowest BCUT2D eigenvalue weighted by atomic mass is 10.1. The number of sulfonamides is 1. The highest BCUT2D eigenvalue weighted by Gasteiger charge is 2.27. The minimum absolute atomic E-state index is 0.175. The number of amides is 1. The van der Waals surface area contributed by atoms with Crippen LogP contribution in [0, 0.1) is 10.1 Å². The normalized spacial score (nSPS) is 11.5. The van der Waals surface area contributed by atoms with Gasteiger partial charge in [-0.1, -0.05) is 50.2 Å². The smallest absolute Gasteiger partial charge is 0.312 e. The first-order valence-corrected chi connectivity index (χ1v) is 12.4. The van der Waals surface area contributed by atoms with Crippen molar-refractivity contribution in [3.63, 3.8) is 0 Å². The Kier molecular flexibility index (Phi) is 7.85. The van der Waals surface area contributed by atoms with Crippen LogP contribution in [0.1, 0.15) is 20.8 Å². The van der Waals surface area contributed by atoms with Gasteiger partial charge in [0.15, 0.2) is 12.4 Å². The zero-order chi connectivity index (χ0) is 24.9. The number of fused-ring (bicyclic) bond motifs is 1. The molecule has 0 unspecified atom stereocenters. The van der Waals surface area contributed by atoms with Crippen LogP contribution in [0.4, 0.5) is 11.4 Å². The monoisotopic (exact) mass is 485 g/mol. The number of ether oxygens (including phenoxy) is 1. The van der Waals surface area contributed by atoms with Gasteiger partial charge in [0.05, 0.1) is 15.5 Å². The van der Waals surface area contributed by atoms with Gasteiger partial charge in [0, 0.05) is 31.1 Å². The Hall–Kier alpha value is -3.50. The van der Waals surface area contributed by atoms with Crippen molar-refractivity contribution in [3.05, 3.63) is 70.8 Å². The molecule has 0 radical (unpaired) electrons. The molecule has 0 saturated heterocycles. The van der Waals surface area contributed by atoms with E-state index in [0.717, 1.165) is 16.8 Å². The molecule has 0 aromatic heterocycles. The van der Waals surface area contributed by atoms with Crippen molar-refractivity contribution in [2.45, 2.75) is 25.7 Å². The summed E-state index contributed by atoms with van der Waals surface area (Å²) in [5.74, 6) is -0.557. The summed E-state index contributed by atoms with van der Waals surface area (Å²) in [6, 6.07) is 16.7. The summed E-state index contributed by atoms with van der Waals surface area (Å²) in [4.78, 5) is 25.3. The standard InChI is InChI=1S/C24H27N3O6S/c1-4-25(5-2)34(31,32)19-14-15-23(22(16-19)27(29)30)33-17-24(28)26(6-3)21-13-9-11-18-10-7-8-12-20(18)21/h7-16H,4-6,17H2,1-3H3. The van der Waals surface area contributed by atoms with Crippen LogP contribution in [0.2, 0.25) is 0 Å². The predicted octanol–water partition coefficient (Wildman–Crippen LogP) is 4.21. The summed E-state index contributed by atoms with van der Waals surface area (Å²) in [7, 11) is -3.88. The summed E-state index contributed by atoms with van der Waals surface area (Å²) in [5, 5.41) is 13.5. The molecule has 1 amide bonds. The van der Waals surface area contributed by atoms with Crippen molar-refractivity contribution in [2.75, 3.05) is 31.1 Å². The maximum Gasteiger partial charge on any atom is 0.312 e. The van der Waals surface area contributed by atoms with Crippen LogP contribution in [0.5, 0.6) is 5.75 Å². The zero-order valence-corrected chi connectivity index (χ0v) is 20.1. The van der Waals surface area contributed by atoms with Crippen LogP contribution in [0.3, 0.4) is 0 Å². The number of likely N-dealkylation sites (N-methyl/N-ethyl adjacent to an activating group) is 1. The quantitative estimate of drug-likeness (QED) is 0.314. The van der Waals surface area contributed by atoms with Gasteiger partial charge in [-0.3, -0.25) is 14.9 Å². The third kappa shape index (κ3) is 5.02. The molecule has 0 heterocycles. The average Bonchev–Trinajstić information content (AvgIpc) is 2.83. The summed E-state index contributed by atoms with van der Waals surface area (Å²) >= 11 is 0. The number of carbonyl (C=O) groups excluding carboxylic acids is 1. The van der Waals surface area contributed by atoms with Gasteiger partial charge in [-0.15, -0.1) is 0 Å². The third-order valence-corrected chi connectivity index (χ3v) is 7.54. The third-order valence-electron chi connectivity index (χ3n) is 5.50. The summed E-state index contributed by atoms with van der Waals surface area (Å²) in [5.41, 5.74) is 0.193. The molecule has 0 saturated carbocycles. The molecule has 0 aliphatic rings. The number of anilines is 1. The van der Waals surface area contributed by atoms with Gasteiger partial charge in [0.1, 0.15) is 0 Å². The van der Waals surface area contributed by atoms with E-state index in [1.54, 1.807) is 18.7 Å². The SMILES string of the molecule is CCN(C(=O)COc1ccc(S(=O)(=O)N(CC)CC)cc1[N+](=O)[O-])c1cccc2ccccc12. The molecular formula is C24H27N3O6S. The molecule has 0 bridgehead atoms. The fourth-order valence-corrected chi connectivity index (χ4v) is 5.26. The first-order chi connectivity index (χ1) is 16.2. The molecule has 3 rings (SSSR count). The molecule has 34 heavy (non-hydrogen) atoms. The van der Waals surface area contributed by atoms with E-state index in [9.17, 15) is 23.3 Å². The molecule has 180 valence electrons. The lowest BCUT2D eigenvalue weighted by Gasteiger charge is -2.23. The van der Waals surface area contributed by atoms with Crippen LogP contribution < -0.4 is 9.64 Å². The molecule has 0 aliphatic heterocycles. The van der Waals surface area contributed by atoms with Crippen LogP contribution in [-0.4, -0.2) is 49.8 Å². The maximum atomic E-state index is 13.0. The highest BCUT2D eigenvalue weighted by atomic mass is 32.2. The number of hydrogen-bond donors (Lipinski definition) is 0. The van der Waals surface area contributed by atoms with E-state index in [4.69, 9.17) is 4.74 Å². The molecule has 0 fully saturated rings. The molecule has 10 heteroatoms. The highest BCUT2D eigenvalue weighted by Crippen LogP contribution is 2.31. The zero-order valence-electron chi connectivity index (χ0n) is 19.3. The second-order valence-corrected chi connectivity index (χ2v) is 9.34. The first kappa shape index (κ1) is 25.1. The summed E-state index contributed by atoms with van der Waals surface area (Å²) in [6.07, 6.45) is 0. The number of nitro benzene ring substituents is 1. The fraction of sp³-hybridized carbons (Fsp3) is 0.292. The van der Waals surface area contributed by atoms with Gasteiger partial charge in [-0.2, -0.15) is 4.31 Å². The Morgan fingerprint density at radius 2 is 1.65 bits per heavy atom. The van der Waals surface area contributed by atoms with Crippen molar-refractivity contribution in [3.8, 4) is 5.75 Å². The molecule has 0 spiro atoms. The fourth-order valence-electron chi connectivity index (χ4n) is 3.78. The second-order valence-electron chi connectivity index (χ2n) is 7.40. The number of benzene rings is 3. The van der Waals surface area contributed by atoms with E-state index >= 15 is 0 Å². The Balaban J connectivity index is 1.86. The Bertz CT molecular complexity index is 1300. The average molecular weight is 486 g/mol. The molecule has 3 aromatic carbocycles. The number of hydrogen-bond acceptors (Lipinski definition) is 6. The van der Waals surface area contributed by atoms with Gasteiger partial charge in [-0.05, 0) is 30.5 Å². The van der Waals surface area contributed by atoms with E-state index in [0.29, 0.717) is 12.2 Å². The van der Waals surface area contributed by atoms with Crippen LogP contribution in [0.15, 0.2) is 65.6 Å². The van der Waals surface area contributed by atoms with E-state index in [1.165, 1.54) is 16.4 Å². The number of nitrogens with zero attached hydrogens (tertiary/aromatic N) is 3. The van der Waals surface area contributed by atoms with Crippen molar-refractivity contribution in [1.82, 2.24) is 4.31 Å². The van der Waals surface area contributed by atoms with E-state index in [-0.39, 0.29) is 29.6 Å². The van der Waals surface area contributed by atoms with Crippen molar-refractivity contribution in [2.24, 2.45) is 0 Å². The summed E-state index contributed by atoms with van der Waals surface area (Å²) in [6.45, 7) is 5.61. The van der Waals surface area contributed by atoms with Crippen LogP contribution >= 0.6 is 0 Å². The number of carbonyl (C=O) groups is 1. The topological polar surface area (TPSA) is 110 Å². The van der Waals surface area contributed by atoms with Gasteiger partial charge in [-0.25, -0.2) is 8.42 Å². The Morgan fingerprint density at radius 3 is 2.29 bits per heavy atom. The van der Waals surface area contributed by atoms with Gasteiger partial charge in [0.2, 0.25) is 10.0 Å². The van der Waals surface area contributed by atoms with Crippen molar-refractivity contribution >= 4 is 38.1 Å². The number of nitro groups is 1. The predicted molar refractivity (Wildman–Crippen MR) is 131 cm³/mol. The van der Waals surface area contributed by atoms with Crippen LogP contribution in [0.25, 0.3) is 10.8 Å². The minimum atomic E-state index is -3.88. The minimum Gasteiger partial charge on any atom is -0.477 e. The van der Waals surface area contributed by atoms with Gasteiger partial charge < -0.3 is 9.64 Å². The first-order valence-electron chi connectivity index (χ1n) is 10.9. The van der Waals surface area contributed by atoms with E-state index in [1.807, 2.05) is 49.4 Å². The molecule has 0 atom stereocenters. The van der Waals surface area contributed by atoms with E-state index < -0.39 is 27.2 Å². The lowest BCUT2D eigenvalue weighted by molar-refractivity contribution is -0.386. The molecule has 0 N–H and O–H groups in total. The van der Waals surface area contributed by atoms with Crippen LogP contribution in [-0.2, 0) is 14.8 Å². The molecule has 9 nitrogen and oxygen atoms in total. The second kappa shape index (κ2) is 10.6. The number of rotatable bonds is 10. The highest BCUT2D eigenvalue weighted by molar-refractivity contribution is 7.89. The van der Waals surface area contributed by atoms with Gasteiger partial charge in [0.25, 0.3) is 5.91 Å². The van der Waals surface area contributed by atoms with Crippen molar-refractivity contribution in [1.29, 1.82) is 0 Å². The lowest BCUT2D eigenvalue weighted by Crippen LogP contribution is -2.35. The van der Waals surface area contributed by atoms with Crippen molar-refractivity contribution < 1.29 is 22.9 Å². The maximum absolute atomic E-state index is 13.0. The Labute approximate surface area is 198 Å². The summed E-state index contributed by atoms with van der Waals surface area (Å²) < 4.78 is 32.2. The van der Waals surface area contributed by atoms with E-state index in [2.05, 4.69) is 0 Å².